The number of carbonyl (C=O) groups excluding carboxylic acids is 2. The van der Waals surface area contributed by atoms with Crippen molar-refractivity contribution in [3.8, 4) is 0 Å². The molecule has 1 aromatic rings. The molecule has 0 unspecified atom stereocenters. The molecule has 6 heteroatoms. The van der Waals surface area contributed by atoms with Crippen molar-refractivity contribution in [1.82, 2.24) is 14.9 Å². The van der Waals surface area contributed by atoms with Crippen LogP contribution in [0.1, 0.15) is 44.1 Å². The monoisotopic (exact) mass is 267 g/mol. The molecule has 0 saturated heterocycles. The molecule has 19 heavy (non-hydrogen) atoms. The Morgan fingerprint density at radius 2 is 2.11 bits per heavy atom. The molecule has 0 aliphatic carbocycles. The number of amides is 1. The van der Waals surface area contributed by atoms with Gasteiger partial charge in [-0.05, 0) is 27.2 Å². The second-order valence-electron chi connectivity index (χ2n) is 5.39. The Hall–Kier alpha value is -1.85. The average Bonchev–Trinajstić information content (AvgIpc) is 2.79. The van der Waals surface area contributed by atoms with E-state index in [2.05, 4.69) is 9.97 Å². The third-order valence-corrected chi connectivity index (χ3v) is 2.40. The number of hydrogen-bond acceptors (Lipinski definition) is 4. The summed E-state index contributed by atoms with van der Waals surface area (Å²) in [7, 11) is 1.66. The van der Waals surface area contributed by atoms with Crippen molar-refractivity contribution < 1.29 is 14.3 Å². The maximum Gasteiger partial charge on any atom is 0.410 e. The Labute approximate surface area is 113 Å². The molecule has 1 N–H and O–H groups in total. The molecule has 0 bridgehead atoms. The summed E-state index contributed by atoms with van der Waals surface area (Å²) in [5.74, 6) is -0.00455. The number of nitrogens with one attached hydrogen (secondary N) is 1. The van der Waals surface area contributed by atoms with E-state index in [0.29, 0.717) is 25.1 Å². The Bertz CT molecular complexity index is 421. The topological polar surface area (TPSA) is 75.3 Å². The average molecular weight is 267 g/mol. The molecule has 6 nitrogen and oxygen atoms in total. The maximum atomic E-state index is 11.7. The summed E-state index contributed by atoms with van der Waals surface area (Å²) in [5, 5.41) is 0. The fourth-order valence-electron chi connectivity index (χ4n) is 1.45. The van der Waals surface area contributed by atoms with Crippen molar-refractivity contribution in [3.63, 3.8) is 0 Å². The van der Waals surface area contributed by atoms with Crippen LogP contribution < -0.4 is 0 Å². The Morgan fingerprint density at radius 1 is 1.42 bits per heavy atom. The Balaban J connectivity index is 2.29. The van der Waals surface area contributed by atoms with Crippen LogP contribution in [0.25, 0.3) is 0 Å². The van der Waals surface area contributed by atoms with Crippen LogP contribution in [0.5, 0.6) is 0 Å². The van der Waals surface area contributed by atoms with Crippen molar-refractivity contribution in [2.24, 2.45) is 0 Å². The fourth-order valence-corrected chi connectivity index (χ4v) is 1.45. The largest absolute Gasteiger partial charge is 0.444 e. The first-order chi connectivity index (χ1) is 8.79. The molecule has 0 saturated carbocycles. The number of imidazole rings is 1. The Morgan fingerprint density at radius 3 is 2.63 bits per heavy atom. The smallest absolute Gasteiger partial charge is 0.410 e. The molecule has 0 aliphatic heterocycles. The molecule has 0 atom stereocenters. The number of ether oxygens (including phenoxy) is 1. The van der Waals surface area contributed by atoms with Crippen molar-refractivity contribution >= 4 is 11.9 Å². The van der Waals surface area contributed by atoms with E-state index in [9.17, 15) is 9.59 Å². The third-order valence-electron chi connectivity index (χ3n) is 2.40. The summed E-state index contributed by atoms with van der Waals surface area (Å²) in [5.41, 5.74) is -0.00297. The highest BCUT2D eigenvalue weighted by molar-refractivity contribution is 5.93. The number of rotatable bonds is 5. The molecule has 0 aromatic carbocycles. The van der Waals surface area contributed by atoms with Gasteiger partial charge in [-0.1, -0.05) is 0 Å². The van der Waals surface area contributed by atoms with Crippen LogP contribution in [0.3, 0.4) is 0 Å². The van der Waals surface area contributed by atoms with Crippen LogP contribution in [0.2, 0.25) is 0 Å². The van der Waals surface area contributed by atoms with Crippen LogP contribution in [0, 0.1) is 0 Å². The minimum Gasteiger partial charge on any atom is -0.444 e. The Kier molecular flexibility index (Phi) is 5.09. The highest BCUT2D eigenvalue weighted by Gasteiger charge is 2.19. The molecule has 0 spiro atoms. The highest BCUT2D eigenvalue weighted by atomic mass is 16.6. The minimum atomic E-state index is -0.503. The van der Waals surface area contributed by atoms with Crippen LogP contribution in [0.15, 0.2) is 12.5 Å². The number of hydrogen-bond donors (Lipinski definition) is 1. The van der Waals surface area contributed by atoms with Gasteiger partial charge in [0.1, 0.15) is 11.3 Å². The van der Waals surface area contributed by atoms with Gasteiger partial charge in [-0.15, -0.1) is 0 Å². The van der Waals surface area contributed by atoms with Gasteiger partial charge in [-0.3, -0.25) is 4.79 Å². The summed E-state index contributed by atoms with van der Waals surface area (Å²) < 4.78 is 5.22. The predicted molar refractivity (Wildman–Crippen MR) is 71.0 cm³/mol. The van der Waals surface area contributed by atoms with Gasteiger partial charge in [-0.25, -0.2) is 9.78 Å². The summed E-state index contributed by atoms with van der Waals surface area (Å²) in [6.45, 7) is 5.94. The van der Waals surface area contributed by atoms with Gasteiger partial charge >= 0.3 is 6.09 Å². The van der Waals surface area contributed by atoms with Gasteiger partial charge in [0.15, 0.2) is 5.78 Å². The number of carbonyl (C=O) groups is 2. The SMILES string of the molecule is CN(CCCC(=O)c1cnc[nH]1)C(=O)OC(C)(C)C. The maximum absolute atomic E-state index is 11.7. The van der Waals surface area contributed by atoms with Crippen molar-refractivity contribution in [1.29, 1.82) is 0 Å². The molecule has 1 amide bonds. The van der Waals surface area contributed by atoms with Crippen molar-refractivity contribution in [2.75, 3.05) is 13.6 Å². The van der Waals surface area contributed by atoms with E-state index in [4.69, 9.17) is 4.74 Å². The van der Waals surface area contributed by atoms with Crippen LogP contribution in [-0.4, -0.2) is 45.9 Å². The molecule has 0 radical (unpaired) electrons. The lowest BCUT2D eigenvalue weighted by molar-refractivity contribution is 0.0295. The number of H-pyrrole nitrogens is 1. The van der Waals surface area contributed by atoms with E-state index >= 15 is 0 Å². The van der Waals surface area contributed by atoms with E-state index < -0.39 is 5.60 Å². The standard InChI is InChI=1S/C13H21N3O3/c1-13(2,3)19-12(18)16(4)7-5-6-11(17)10-8-14-9-15-10/h8-9H,5-7H2,1-4H3,(H,14,15). The molecule has 1 rings (SSSR count). The van der Waals surface area contributed by atoms with E-state index in [1.807, 2.05) is 20.8 Å². The van der Waals surface area contributed by atoms with Gasteiger partial charge in [0.05, 0.1) is 12.5 Å². The van der Waals surface area contributed by atoms with E-state index in [1.54, 1.807) is 7.05 Å². The first-order valence-corrected chi connectivity index (χ1v) is 6.25. The van der Waals surface area contributed by atoms with Gasteiger partial charge in [-0.2, -0.15) is 0 Å². The van der Waals surface area contributed by atoms with Gasteiger partial charge in [0, 0.05) is 20.0 Å². The van der Waals surface area contributed by atoms with Crippen molar-refractivity contribution in [3.05, 3.63) is 18.2 Å². The molecular formula is C13H21N3O3. The number of ketones is 1. The zero-order chi connectivity index (χ0) is 14.5. The zero-order valence-corrected chi connectivity index (χ0v) is 11.9. The first-order valence-electron chi connectivity index (χ1n) is 6.25. The van der Waals surface area contributed by atoms with E-state index in [-0.39, 0.29) is 11.9 Å². The lowest BCUT2D eigenvalue weighted by Crippen LogP contribution is -2.34. The molecule has 0 fully saturated rings. The predicted octanol–water partition coefficient (Wildman–Crippen LogP) is 2.24. The minimum absolute atomic E-state index is 0.00455. The molecule has 0 aliphatic rings. The van der Waals surface area contributed by atoms with E-state index in [1.165, 1.54) is 17.4 Å². The molecule has 1 aromatic heterocycles. The van der Waals surface area contributed by atoms with E-state index in [0.717, 1.165) is 0 Å². The van der Waals surface area contributed by atoms with Crippen LogP contribution in [-0.2, 0) is 4.74 Å². The summed E-state index contributed by atoms with van der Waals surface area (Å²) >= 11 is 0. The van der Waals surface area contributed by atoms with Crippen LogP contribution >= 0.6 is 0 Å². The number of nitrogens with zero attached hydrogens (tertiary/aromatic N) is 2. The zero-order valence-electron chi connectivity index (χ0n) is 11.9. The fraction of sp³-hybridized carbons (Fsp3) is 0.615. The van der Waals surface area contributed by atoms with Gasteiger partial charge < -0.3 is 14.6 Å². The van der Waals surface area contributed by atoms with Gasteiger partial charge in [0.2, 0.25) is 0 Å². The summed E-state index contributed by atoms with van der Waals surface area (Å²) in [6, 6.07) is 0. The summed E-state index contributed by atoms with van der Waals surface area (Å²) in [6.07, 6.45) is 3.56. The number of Topliss-reactive ketones (excluding diaryl/α,β-unsaturated/α-hetero) is 1. The number of aromatic nitrogens is 2. The molecular weight excluding hydrogens is 246 g/mol. The first kappa shape index (κ1) is 15.2. The third kappa shape index (κ3) is 5.54. The molecule has 1 heterocycles. The second kappa shape index (κ2) is 6.36. The highest BCUT2D eigenvalue weighted by Crippen LogP contribution is 2.10. The van der Waals surface area contributed by atoms with Crippen LogP contribution in [0.4, 0.5) is 4.79 Å². The summed E-state index contributed by atoms with van der Waals surface area (Å²) in [4.78, 5) is 31.4. The molecule has 106 valence electrons. The lowest BCUT2D eigenvalue weighted by Gasteiger charge is -2.24. The van der Waals surface area contributed by atoms with Crippen molar-refractivity contribution in [2.45, 2.75) is 39.2 Å². The quantitative estimate of drug-likeness (QED) is 0.830. The number of aromatic amines is 1. The normalized spacial score (nSPS) is 11.2. The lowest BCUT2D eigenvalue weighted by atomic mass is 10.2. The van der Waals surface area contributed by atoms with Gasteiger partial charge in [0.25, 0.3) is 0 Å². The second-order valence-corrected chi connectivity index (χ2v) is 5.39.